The molecule has 0 unspecified atom stereocenters. The molecule has 1 aliphatic carbocycles. The Labute approximate surface area is 95.4 Å². The lowest BCUT2D eigenvalue weighted by atomic mass is 10.2. The normalized spacial score (nSPS) is 18.3. The van der Waals surface area contributed by atoms with Crippen molar-refractivity contribution in [2.24, 2.45) is 0 Å². The minimum Gasteiger partial charge on any atom is -0.322 e. The van der Waals surface area contributed by atoms with Crippen molar-refractivity contribution in [1.29, 1.82) is 0 Å². The lowest BCUT2D eigenvalue weighted by Crippen LogP contribution is -2.41. The molecule has 0 spiro atoms. The van der Waals surface area contributed by atoms with Gasteiger partial charge in [0.25, 0.3) is 0 Å². The molecule has 1 nitrogen and oxygen atoms in total. The Bertz CT molecular complexity index is 280. The van der Waals surface area contributed by atoms with Gasteiger partial charge in [-0.25, -0.2) is 0 Å². The van der Waals surface area contributed by atoms with Crippen LogP contribution < -0.4 is 5.19 Å². The first-order valence-corrected chi connectivity index (χ1v) is 7.52. The molecule has 0 amide bonds. The van der Waals surface area contributed by atoms with E-state index in [1.54, 1.807) is 5.19 Å². The Balaban J connectivity index is 1.96. The van der Waals surface area contributed by atoms with E-state index >= 15 is 0 Å². The Morgan fingerprint density at radius 1 is 1.20 bits per heavy atom. The van der Waals surface area contributed by atoms with Gasteiger partial charge in [0.15, 0.2) is 0 Å². The third-order valence-electron chi connectivity index (χ3n) is 3.48. The van der Waals surface area contributed by atoms with Crippen LogP contribution in [0.4, 0.5) is 0 Å². The summed E-state index contributed by atoms with van der Waals surface area (Å²) in [6.07, 6.45) is 5.77. The Morgan fingerprint density at radius 2 is 1.87 bits per heavy atom. The van der Waals surface area contributed by atoms with Crippen LogP contribution >= 0.6 is 0 Å². The average Bonchev–Trinajstić information content (AvgIpc) is 2.81. The summed E-state index contributed by atoms with van der Waals surface area (Å²) in [5.41, 5.74) is 0. The van der Waals surface area contributed by atoms with Gasteiger partial charge in [0.1, 0.15) is 9.68 Å². The molecule has 82 valence electrons. The predicted octanol–water partition coefficient (Wildman–Crippen LogP) is 1.66. The largest absolute Gasteiger partial charge is 0.322 e. The van der Waals surface area contributed by atoms with Crippen molar-refractivity contribution < 1.29 is 0 Å². The van der Waals surface area contributed by atoms with Gasteiger partial charge < -0.3 is 4.57 Å². The van der Waals surface area contributed by atoms with Gasteiger partial charge in [0, 0.05) is 6.04 Å². The fourth-order valence-corrected chi connectivity index (χ4v) is 4.39. The number of rotatable bonds is 4. The predicted molar refractivity (Wildman–Crippen MR) is 69.3 cm³/mol. The van der Waals surface area contributed by atoms with E-state index in [2.05, 4.69) is 41.8 Å². The lowest BCUT2D eigenvalue weighted by Gasteiger charge is -2.27. The zero-order chi connectivity index (χ0) is 10.5. The molecule has 0 bridgehead atoms. The van der Waals surface area contributed by atoms with Crippen molar-refractivity contribution in [2.45, 2.75) is 38.6 Å². The fraction of sp³-hybridized carbons (Fsp3) is 0.538. The lowest BCUT2D eigenvalue weighted by molar-refractivity contribution is 0.352. The topological polar surface area (TPSA) is 3.24 Å². The SMILES string of the molecule is CCN([SiH2]c1ccccc1)C1CCCC1. The first-order valence-electron chi connectivity index (χ1n) is 6.18. The Morgan fingerprint density at radius 3 is 2.47 bits per heavy atom. The molecule has 0 aliphatic heterocycles. The highest BCUT2D eigenvalue weighted by atomic mass is 28.2. The minimum atomic E-state index is -0.194. The molecule has 1 aliphatic rings. The highest BCUT2D eigenvalue weighted by molar-refractivity contribution is 6.50. The molecule has 0 atom stereocenters. The van der Waals surface area contributed by atoms with Crippen LogP contribution in [0.5, 0.6) is 0 Å². The van der Waals surface area contributed by atoms with Crippen LogP contribution in [-0.2, 0) is 0 Å². The zero-order valence-corrected chi connectivity index (χ0v) is 11.1. The molecule has 0 heterocycles. The van der Waals surface area contributed by atoms with E-state index in [9.17, 15) is 0 Å². The van der Waals surface area contributed by atoms with Gasteiger partial charge in [-0.1, -0.05) is 50.1 Å². The molecule has 2 rings (SSSR count). The Hall–Kier alpha value is -0.603. The fourth-order valence-electron chi connectivity index (χ4n) is 2.59. The van der Waals surface area contributed by atoms with E-state index < -0.39 is 0 Å². The number of hydrogen-bond donors (Lipinski definition) is 0. The van der Waals surface area contributed by atoms with Crippen molar-refractivity contribution >= 4 is 14.9 Å². The highest BCUT2D eigenvalue weighted by Gasteiger charge is 2.20. The molecule has 0 saturated heterocycles. The summed E-state index contributed by atoms with van der Waals surface area (Å²) in [4.78, 5) is 0. The van der Waals surface area contributed by atoms with E-state index in [0.717, 1.165) is 6.04 Å². The maximum Gasteiger partial charge on any atom is 0.127 e. The van der Waals surface area contributed by atoms with E-state index in [0.29, 0.717) is 0 Å². The van der Waals surface area contributed by atoms with Crippen molar-refractivity contribution in [1.82, 2.24) is 4.57 Å². The van der Waals surface area contributed by atoms with Crippen molar-refractivity contribution in [3.8, 4) is 0 Å². The highest BCUT2D eigenvalue weighted by Crippen LogP contribution is 2.22. The molecule has 0 radical (unpaired) electrons. The maximum absolute atomic E-state index is 2.77. The van der Waals surface area contributed by atoms with Gasteiger partial charge in [-0.2, -0.15) is 0 Å². The van der Waals surface area contributed by atoms with Crippen LogP contribution in [0.15, 0.2) is 30.3 Å². The van der Waals surface area contributed by atoms with Crippen LogP contribution in [0.2, 0.25) is 0 Å². The summed E-state index contributed by atoms with van der Waals surface area (Å²) in [6.45, 7) is 3.56. The molecule has 0 aromatic heterocycles. The molecule has 1 aromatic rings. The summed E-state index contributed by atoms with van der Waals surface area (Å²) in [7, 11) is -0.194. The molecule has 2 heteroatoms. The molecule has 1 fully saturated rings. The summed E-state index contributed by atoms with van der Waals surface area (Å²) in [5.74, 6) is 0. The summed E-state index contributed by atoms with van der Waals surface area (Å²) in [5, 5.41) is 1.59. The van der Waals surface area contributed by atoms with Gasteiger partial charge in [-0.05, 0) is 24.6 Å². The monoisotopic (exact) mass is 219 g/mol. The molecule has 15 heavy (non-hydrogen) atoms. The van der Waals surface area contributed by atoms with Gasteiger partial charge in [-0.3, -0.25) is 0 Å². The van der Waals surface area contributed by atoms with Gasteiger partial charge >= 0.3 is 0 Å². The Kier molecular flexibility index (Phi) is 3.98. The third kappa shape index (κ3) is 2.92. The second-order valence-corrected chi connectivity index (χ2v) is 6.43. The molecule has 1 saturated carbocycles. The van der Waals surface area contributed by atoms with Crippen LogP contribution in [0.1, 0.15) is 32.6 Å². The first kappa shape index (κ1) is 10.9. The first-order chi connectivity index (χ1) is 7.40. The molecular weight excluding hydrogens is 198 g/mol. The van der Waals surface area contributed by atoms with Gasteiger partial charge in [0.2, 0.25) is 0 Å². The standard InChI is InChI=1S/C13H21NSi/c1-2-14(12-8-6-7-9-12)15-13-10-4-3-5-11-13/h3-5,10-12H,2,6-9,15H2,1H3. The van der Waals surface area contributed by atoms with Gasteiger partial charge in [-0.15, -0.1) is 0 Å². The van der Waals surface area contributed by atoms with Crippen molar-refractivity contribution in [3.63, 3.8) is 0 Å². The zero-order valence-electron chi connectivity index (χ0n) is 9.65. The molecule has 0 N–H and O–H groups in total. The average molecular weight is 219 g/mol. The van der Waals surface area contributed by atoms with E-state index in [4.69, 9.17) is 0 Å². The molecule has 1 aromatic carbocycles. The third-order valence-corrected chi connectivity index (χ3v) is 5.68. The van der Waals surface area contributed by atoms with Gasteiger partial charge in [0.05, 0.1) is 0 Å². The smallest absolute Gasteiger partial charge is 0.127 e. The maximum atomic E-state index is 2.77. The van der Waals surface area contributed by atoms with E-state index in [-0.39, 0.29) is 9.68 Å². The number of nitrogens with zero attached hydrogens (tertiary/aromatic N) is 1. The van der Waals surface area contributed by atoms with Crippen LogP contribution in [0.3, 0.4) is 0 Å². The van der Waals surface area contributed by atoms with Crippen molar-refractivity contribution in [3.05, 3.63) is 30.3 Å². The van der Waals surface area contributed by atoms with E-state index in [1.807, 2.05) is 0 Å². The summed E-state index contributed by atoms with van der Waals surface area (Å²) in [6, 6.07) is 12.0. The summed E-state index contributed by atoms with van der Waals surface area (Å²) < 4.78 is 2.77. The van der Waals surface area contributed by atoms with Crippen LogP contribution in [0.25, 0.3) is 0 Å². The number of benzene rings is 1. The van der Waals surface area contributed by atoms with Crippen molar-refractivity contribution in [2.75, 3.05) is 6.54 Å². The van der Waals surface area contributed by atoms with E-state index in [1.165, 1.54) is 32.2 Å². The minimum absolute atomic E-state index is 0.194. The van der Waals surface area contributed by atoms with Crippen LogP contribution in [-0.4, -0.2) is 26.8 Å². The number of hydrogen-bond acceptors (Lipinski definition) is 1. The second-order valence-electron chi connectivity index (χ2n) is 4.49. The molecular formula is C13H21NSi. The van der Waals surface area contributed by atoms with Crippen LogP contribution in [0, 0.1) is 0 Å². The second kappa shape index (κ2) is 5.47. The summed E-state index contributed by atoms with van der Waals surface area (Å²) >= 11 is 0. The quantitative estimate of drug-likeness (QED) is 0.696.